The zero-order valence-electron chi connectivity index (χ0n) is 19.1. The Labute approximate surface area is 193 Å². The summed E-state index contributed by atoms with van der Waals surface area (Å²) in [6.07, 6.45) is 7.60. The quantitative estimate of drug-likeness (QED) is 0.342. The Hall–Kier alpha value is -3.01. The molecule has 0 heterocycles. The van der Waals surface area contributed by atoms with E-state index >= 15 is 0 Å². The predicted molar refractivity (Wildman–Crippen MR) is 129 cm³/mol. The second kappa shape index (κ2) is 10.3. The predicted octanol–water partition coefficient (Wildman–Crippen LogP) is 8.63. The number of benzene rings is 3. The van der Waals surface area contributed by atoms with Gasteiger partial charge in [-0.05, 0) is 66.0 Å². The lowest BCUT2D eigenvalue weighted by Gasteiger charge is -2.27. The zero-order valence-corrected chi connectivity index (χ0v) is 19.1. The third-order valence-electron chi connectivity index (χ3n) is 6.51. The van der Waals surface area contributed by atoms with Crippen molar-refractivity contribution in [1.29, 1.82) is 0 Å². The van der Waals surface area contributed by atoms with Crippen molar-refractivity contribution >= 4 is 12.2 Å². The molecule has 4 heteroatoms. The van der Waals surface area contributed by atoms with E-state index in [4.69, 9.17) is 4.74 Å². The van der Waals surface area contributed by atoms with E-state index in [1.165, 1.54) is 6.07 Å². The van der Waals surface area contributed by atoms with Crippen molar-refractivity contribution in [3.8, 4) is 16.9 Å². The van der Waals surface area contributed by atoms with Gasteiger partial charge in [-0.25, -0.2) is 13.2 Å². The fourth-order valence-corrected chi connectivity index (χ4v) is 4.53. The Morgan fingerprint density at radius 3 is 2.15 bits per heavy atom. The molecule has 1 aliphatic rings. The van der Waals surface area contributed by atoms with E-state index in [1.807, 2.05) is 25.1 Å². The molecule has 0 aromatic heterocycles. The molecule has 0 unspecified atom stereocenters. The number of rotatable bonds is 6. The van der Waals surface area contributed by atoms with E-state index in [0.717, 1.165) is 31.2 Å². The van der Waals surface area contributed by atoms with Gasteiger partial charge in [0.1, 0.15) is 0 Å². The van der Waals surface area contributed by atoms with Crippen LogP contribution in [-0.4, -0.2) is 6.61 Å². The molecule has 1 aliphatic carbocycles. The van der Waals surface area contributed by atoms with Crippen LogP contribution < -0.4 is 4.74 Å². The van der Waals surface area contributed by atoms with Crippen molar-refractivity contribution in [3.63, 3.8) is 0 Å². The lowest BCUT2D eigenvalue weighted by Crippen LogP contribution is -2.13. The fourth-order valence-electron chi connectivity index (χ4n) is 4.53. The van der Waals surface area contributed by atoms with E-state index < -0.39 is 17.5 Å². The average molecular weight is 451 g/mol. The Kier molecular flexibility index (Phi) is 7.22. The second-order valence-corrected chi connectivity index (χ2v) is 8.87. The molecule has 3 aromatic carbocycles. The van der Waals surface area contributed by atoms with Crippen LogP contribution in [0.2, 0.25) is 0 Å². The lowest BCUT2D eigenvalue weighted by molar-refractivity contribution is 0.321. The number of hydrogen-bond donors (Lipinski definition) is 0. The van der Waals surface area contributed by atoms with Crippen LogP contribution >= 0.6 is 0 Å². The lowest BCUT2D eigenvalue weighted by atomic mass is 9.79. The van der Waals surface area contributed by atoms with Gasteiger partial charge in [0.2, 0.25) is 0 Å². The molecule has 1 nitrogen and oxygen atoms in total. The van der Waals surface area contributed by atoms with Gasteiger partial charge < -0.3 is 4.74 Å². The smallest absolute Gasteiger partial charge is 0.166 e. The van der Waals surface area contributed by atoms with Crippen LogP contribution in [0.25, 0.3) is 23.3 Å². The van der Waals surface area contributed by atoms with Crippen LogP contribution in [-0.2, 0) is 0 Å². The summed E-state index contributed by atoms with van der Waals surface area (Å²) in [6, 6.07) is 15.5. The second-order valence-electron chi connectivity index (χ2n) is 8.87. The summed E-state index contributed by atoms with van der Waals surface area (Å²) < 4.78 is 49.1. The third kappa shape index (κ3) is 5.32. The van der Waals surface area contributed by atoms with Crippen molar-refractivity contribution in [3.05, 3.63) is 88.7 Å². The van der Waals surface area contributed by atoms with E-state index in [-0.39, 0.29) is 17.2 Å². The van der Waals surface area contributed by atoms with Crippen LogP contribution in [0.15, 0.2) is 54.6 Å². The molecule has 4 rings (SSSR count). The molecular formula is C29H29F3O. The Morgan fingerprint density at radius 1 is 0.818 bits per heavy atom. The first-order valence-corrected chi connectivity index (χ1v) is 11.6. The summed E-state index contributed by atoms with van der Waals surface area (Å²) in [6.45, 7) is 4.43. The first kappa shape index (κ1) is 23.2. The summed E-state index contributed by atoms with van der Waals surface area (Å²) in [5.41, 5.74) is 2.98. The first-order chi connectivity index (χ1) is 16.0. The van der Waals surface area contributed by atoms with E-state index in [2.05, 4.69) is 6.92 Å². The zero-order chi connectivity index (χ0) is 23.4. The van der Waals surface area contributed by atoms with Gasteiger partial charge in [-0.3, -0.25) is 0 Å². The molecule has 0 bridgehead atoms. The van der Waals surface area contributed by atoms with Crippen LogP contribution in [0.4, 0.5) is 13.2 Å². The first-order valence-electron chi connectivity index (χ1n) is 11.6. The molecular weight excluding hydrogens is 421 g/mol. The van der Waals surface area contributed by atoms with Gasteiger partial charge in [-0.2, -0.15) is 0 Å². The molecule has 0 spiro atoms. The van der Waals surface area contributed by atoms with Gasteiger partial charge in [-0.15, -0.1) is 0 Å². The van der Waals surface area contributed by atoms with Crippen molar-refractivity contribution in [2.75, 3.05) is 6.61 Å². The van der Waals surface area contributed by atoms with Crippen molar-refractivity contribution in [2.45, 2.75) is 45.4 Å². The molecule has 0 saturated heterocycles. The molecule has 0 amide bonds. The minimum atomic E-state index is -0.778. The number of halogens is 3. The molecule has 0 N–H and O–H groups in total. The van der Waals surface area contributed by atoms with E-state index in [0.29, 0.717) is 29.2 Å². The van der Waals surface area contributed by atoms with Crippen LogP contribution in [0.1, 0.15) is 62.1 Å². The maximum atomic E-state index is 14.9. The molecule has 33 heavy (non-hydrogen) atoms. The van der Waals surface area contributed by atoms with Gasteiger partial charge in [0.05, 0.1) is 6.61 Å². The highest BCUT2D eigenvalue weighted by Gasteiger charge is 2.25. The standard InChI is InChI=1S/C29H29F3O/c1-3-33-27-17-10-21(18-26(27)30)7-6-20-8-13-23(14-9-20)25-16-15-24(28(31)29(25)32)22-11-4-19(2)5-12-22/h6-10,13-19,22H,3-5,11-12H2,1-2H3/b7-6+. The van der Waals surface area contributed by atoms with E-state index in [1.54, 1.807) is 42.5 Å². The molecule has 0 radical (unpaired) electrons. The van der Waals surface area contributed by atoms with Crippen LogP contribution in [0.5, 0.6) is 5.75 Å². The molecule has 172 valence electrons. The molecule has 1 saturated carbocycles. The Morgan fingerprint density at radius 2 is 1.48 bits per heavy atom. The molecule has 0 atom stereocenters. The van der Waals surface area contributed by atoms with Gasteiger partial charge in [0.15, 0.2) is 23.2 Å². The van der Waals surface area contributed by atoms with Crippen molar-refractivity contribution in [2.24, 2.45) is 5.92 Å². The van der Waals surface area contributed by atoms with Gasteiger partial charge in [0.25, 0.3) is 0 Å². The van der Waals surface area contributed by atoms with Crippen LogP contribution in [0.3, 0.4) is 0 Å². The average Bonchev–Trinajstić information content (AvgIpc) is 2.82. The minimum absolute atomic E-state index is 0.102. The minimum Gasteiger partial charge on any atom is -0.491 e. The summed E-state index contributed by atoms with van der Waals surface area (Å²) >= 11 is 0. The molecule has 1 fully saturated rings. The number of ether oxygens (including phenoxy) is 1. The van der Waals surface area contributed by atoms with Gasteiger partial charge >= 0.3 is 0 Å². The largest absolute Gasteiger partial charge is 0.491 e. The molecule has 0 aliphatic heterocycles. The topological polar surface area (TPSA) is 9.23 Å². The fraction of sp³-hybridized carbons (Fsp3) is 0.310. The van der Waals surface area contributed by atoms with Crippen LogP contribution in [0, 0.1) is 23.4 Å². The van der Waals surface area contributed by atoms with Crippen molar-refractivity contribution in [1.82, 2.24) is 0 Å². The summed E-state index contributed by atoms with van der Waals surface area (Å²) in [5, 5.41) is 0. The highest BCUT2D eigenvalue weighted by molar-refractivity contribution is 5.72. The molecule has 3 aromatic rings. The maximum Gasteiger partial charge on any atom is 0.166 e. The monoisotopic (exact) mass is 450 g/mol. The third-order valence-corrected chi connectivity index (χ3v) is 6.51. The summed E-state index contributed by atoms with van der Waals surface area (Å²) in [4.78, 5) is 0. The Bertz CT molecular complexity index is 1130. The highest BCUT2D eigenvalue weighted by Crippen LogP contribution is 2.38. The summed E-state index contributed by atoms with van der Waals surface area (Å²) in [7, 11) is 0. The number of hydrogen-bond acceptors (Lipinski definition) is 1. The van der Waals surface area contributed by atoms with E-state index in [9.17, 15) is 13.2 Å². The normalized spacial score (nSPS) is 18.6. The highest BCUT2D eigenvalue weighted by atomic mass is 19.2. The summed E-state index contributed by atoms with van der Waals surface area (Å²) in [5.74, 6) is -0.901. The SMILES string of the molecule is CCOc1ccc(/C=C/c2ccc(-c3ccc(C4CCC(C)CC4)c(F)c3F)cc2)cc1F. The Balaban J connectivity index is 1.49. The van der Waals surface area contributed by atoms with Gasteiger partial charge in [0, 0.05) is 5.56 Å². The maximum absolute atomic E-state index is 14.9. The van der Waals surface area contributed by atoms with Gasteiger partial charge in [-0.1, -0.05) is 74.4 Å². The van der Waals surface area contributed by atoms with Crippen molar-refractivity contribution < 1.29 is 17.9 Å².